The van der Waals surface area contributed by atoms with Crippen LogP contribution >= 0.6 is 22.9 Å². The van der Waals surface area contributed by atoms with Gasteiger partial charge in [-0.2, -0.15) is 11.3 Å². The molecule has 0 radical (unpaired) electrons. The predicted octanol–water partition coefficient (Wildman–Crippen LogP) is 6.30. The number of hydrogen-bond acceptors (Lipinski definition) is 3. The molecule has 2 aromatic carbocycles. The van der Waals surface area contributed by atoms with Crippen LogP contribution in [0, 0.1) is 5.82 Å². The second-order valence-electron chi connectivity index (χ2n) is 8.72. The standard InChI is InChI=1S/C27H28ClFN2O2S/c28-24-9-5-4-6-21(24)17-31(25(32)16-19-14-15-34-18-19)26(20-10-12-22(29)13-11-20)27(33)30-23-7-2-1-3-8-23/h4-6,9-15,18,23,26H,1-3,7-8,16-17H2,(H,30,33)/t26-/m1/s1. The minimum absolute atomic E-state index is 0.0818. The molecule has 34 heavy (non-hydrogen) atoms. The van der Waals surface area contributed by atoms with Crippen molar-refractivity contribution in [1.82, 2.24) is 10.2 Å². The highest BCUT2D eigenvalue weighted by Gasteiger charge is 2.33. The van der Waals surface area contributed by atoms with E-state index >= 15 is 0 Å². The molecule has 1 aliphatic carbocycles. The molecule has 2 amide bonds. The number of nitrogens with zero attached hydrogens (tertiary/aromatic N) is 1. The SMILES string of the molecule is O=C(NC1CCCCC1)[C@@H](c1ccc(F)cc1)N(Cc1ccccc1Cl)C(=O)Cc1ccsc1. The van der Waals surface area contributed by atoms with E-state index in [1.165, 1.54) is 29.9 Å². The molecule has 178 valence electrons. The van der Waals surface area contributed by atoms with Gasteiger partial charge in [-0.1, -0.05) is 61.2 Å². The molecule has 7 heteroatoms. The lowest BCUT2D eigenvalue weighted by Crippen LogP contribution is -2.47. The zero-order valence-corrected chi connectivity index (χ0v) is 20.5. The first-order valence-electron chi connectivity index (χ1n) is 11.6. The lowest BCUT2D eigenvalue weighted by Gasteiger charge is -2.34. The van der Waals surface area contributed by atoms with Crippen molar-refractivity contribution < 1.29 is 14.0 Å². The van der Waals surface area contributed by atoms with Crippen molar-refractivity contribution in [2.75, 3.05) is 0 Å². The van der Waals surface area contributed by atoms with Gasteiger partial charge in [0.25, 0.3) is 0 Å². The largest absolute Gasteiger partial charge is 0.351 e. The van der Waals surface area contributed by atoms with Gasteiger partial charge in [-0.25, -0.2) is 4.39 Å². The molecule has 1 heterocycles. The van der Waals surface area contributed by atoms with Crippen LogP contribution in [0.3, 0.4) is 0 Å². The summed E-state index contributed by atoms with van der Waals surface area (Å²) in [5.41, 5.74) is 2.21. The van der Waals surface area contributed by atoms with Crippen LogP contribution in [0.5, 0.6) is 0 Å². The summed E-state index contributed by atoms with van der Waals surface area (Å²) < 4.78 is 13.7. The Hall–Kier alpha value is -2.70. The number of nitrogens with one attached hydrogen (secondary N) is 1. The molecule has 4 rings (SSSR count). The Kier molecular flexibility index (Phi) is 8.35. The monoisotopic (exact) mass is 498 g/mol. The normalized spacial score (nSPS) is 15.0. The second-order valence-corrected chi connectivity index (χ2v) is 9.91. The highest BCUT2D eigenvalue weighted by molar-refractivity contribution is 7.08. The number of rotatable bonds is 8. The van der Waals surface area contributed by atoms with Crippen LogP contribution in [-0.4, -0.2) is 22.8 Å². The number of halogens is 2. The zero-order chi connectivity index (χ0) is 23.9. The first-order chi connectivity index (χ1) is 16.5. The molecule has 4 nitrogen and oxygen atoms in total. The maximum absolute atomic E-state index is 13.7. The van der Waals surface area contributed by atoms with Gasteiger partial charge in [0.05, 0.1) is 6.42 Å². The molecule has 1 aliphatic rings. The van der Waals surface area contributed by atoms with Gasteiger partial charge in [0.1, 0.15) is 11.9 Å². The maximum atomic E-state index is 13.7. The summed E-state index contributed by atoms with van der Waals surface area (Å²) in [6, 6.07) is 14.2. The van der Waals surface area contributed by atoms with Crippen LogP contribution in [0.25, 0.3) is 0 Å². The van der Waals surface area contributed by atoms with Crippen LogP contribution in [-0.2, 0) is 22.6 Å². The van der Waals surface area contributed by atoms with E-state index in [-0.39, 0.29) is 30.8 Å². The molecular weight excluding hydrogens is 471 g/mol. The van der Waals surface area contributed by atoms with E-state index < -0.39 is 11.9 Å². The Morgan fingerprint density at radius 2 is 1.79 bits per heavy atom. The number of thiophene rings is 1. The van der Waals surface area contributed by atoms with Gasteiger partial charge in [-0.15, -0.1) is 0 Å². The Balaban J connectivity index is 1.70. The highest BCUT2D eigenvalue weighted by Crippen LogP contribution is 2.28. The Labute approximate surface area is 208 Å². The lowest BCUT2D eigenvalue weighted by atomic mass is 9.94. The Bertz CT molecular complexity index is 1100. The molecule has 0 unspecified atom stereocenters. The fraction of sp³-hybridized carbons (Fsp3) is 0.333. The van der Waals surface area contributed by atoms with Crippen LogP contribution in [0.15, 0.2) is 65.4 Å². The van der Waals surface area contributed by atoms with E-state index in [1.807, 2.05) is 35.0 Å². The Morgan fingerprint density at radius 3 is 2.47 bits per heavy atom. The summed E-state index contributed by atoms with van der Waals surface area (Å²) >= 11 is 7.96. The number of carbonyl (C=O) groups is 2. The zero-order valence-electron chi connectivity index (χ0n) is 18.9. The molecule has 0 spiro atoms. The Morgan fingerprint density at radius 1 is 1.06 bits per heavy atom. The average Bonchev–Trinajstić information content (AvgIpc) is 3.35. The minimum Gasteiger partial charge on any atom is -0.351 e. The fourth-order valence-corrected chi connectivity index (χ4v) is 5.31. The first kappa shape index (κ1) is 24.4. The molecule has 0 aliphatic heterocycles. The van der Waals surface area contributed by atoms with Gasteiger partial charge in [-0.3, -0.25) is 9.59 Å². The summed E-state index contributed by atoms with van der Waals surface area (Å²) in [6.07, 6.45) is 5.34. The predicted molar refractivity (Wildman–Crippen MR) is 134 cm³/mol. The van der Waals surface area contributed by atoms with E-state index in [2.05, 4.69) is 5.32 Å². The lowest BCUT2D eigenvalue weighted by molar-refractivity contribution is -0.141. The van der Waals surface area contributed by atoms with Gasteiger partial charge in [0, 0.05) is 17.6 Å². The summed E-state index contributed by atoms with van der Waals surface area (Å²) in [5.74, 6) is -0.826. The first-order valence-corrected chi connectivity index (χ1v) is 12.9. The number of hydrogen-bond donors (Lipinski definition) is 1. The molecule has 3 aromatic rings. The van der Waals surface area contributed by atoms with E-state index in [1.54, 1.807) is 23.1 Å². The summed E-state index contributed by atoms with van der Waals surface area (Å²) in [6.45, 7) is 0.169. The second kappa shape index (κ2) is 11.6. The van der Waals surface area contributed by atoms with Crippen LogP contribution < -0.4 is 5.32 Å². The summed E-state index contributed by atoms with van der Waals surface area (Å²) in [7, 11) is 0. The molecule has 1 saturated carbocycles. The van der Waals surface area contributed by atoms with E-state index in [4.69, 9.17) is 11.6 Å². The van der Waals surface area contributed by atoms with E-state index in [0.717, 1.165) is 36.8 Å². The third-order valence-corrected chi connectivity index (χ3v) is 7.35. The van der Waals surface area contributed by atoms with Crippen LogP contribution in [0.1, 0.15) is 54.8 Å². The van der Waals surface area contributed by atoms with Crippen molar-refractivity contribution in [1.29, 1.82) is 0 Å². The summed E-state index contributed by atoms with van der Waals surface area (Å²) in [5, 5.41) is 7.55. The average molecular weight is 499 g/mol. The number of amides is 2. The molecular formula is C27H28ClFN2O2S. The van der Waals surface area contributed by atoms with Gasteiger partial charge >= 0.3 is 0 Å². The van der Waals surface area contributed by atoms with Crippen molar-refractivity contribution in [3.05, 3.63) is 92.9 Å². The third kappa shape index (κ3) is 6.24. The van der Waals surface area contributed by atoms with Crippen molar-refractivity contribution in [2.45, 2.75) is 57.2 Å². The number of benzene rings is 2. The number of carbonyl (C=O) groups excluding carboxylic acids is 2. The smallest absolute Gasteiger partial charge is 0.247 e. The van der Waals surface area contributed by atoms with Crippen LogP contribution in [0.4, 0.5) is 4.39 Å². The third-order valence-electron chi connectivity index (χ3n) is 6.25. The van der Waals surface area contributed by atoms with E-state index in [0.29, 0.717) is 10.6 Å². The molecule has 1 aromatic heterocycles. The minimum atomic E-state index is -0.898. The van der Waals surface area contributed by atoms with Gasteiger partial charge < -0.3 is 10.2 Å². The van der Waals surface area contributed by atoms with E-state index in [9.17, 15) is 14.0 Å². The fourth-order valence-electron chi connectivity index (χ4n) is 4.45. The van der Waals surface area contributed by atoms with Gasteiger partial charge in [0.2, 0.25) is 11.8 Å². The molecule has 1 fully saturated rings. The van der Waals surface area contributed by atoms with Gasteiger partial charge in [-0.05, 0) is 64.6 Å². The highest BCUT2D eigenvalue weighted by atomic mass is 35.5. The molecule has 0 saturated heterocycles. The van der Waals surface area contributed by atoms with Crippen molar-refractivity contribution in [3.8, 4) is 0 Å². The topological polar surface area (TPSA) is 49.4 Å². The van der Waals surface area contributed by atoms with Crippen molar-refractivity contribution in [2.24, 2.45) is 0 Å². The van der Waals surface area contributed by atoms with Crippen LogP contribution in [0.2, 0.25) is 5.02 Å². The maximum Gasteiger partial charge on any atom is 0.247 e. The van der Waals surface area contributed by atoms with Gasteiger partial charge in [0.15, 0.2) is 0 Å². The van der Waals surface area contributed by atoms with Crippen molar-refractivity contribution >= 4 is 34.8 Å². The molecule has 0 bridgehead atoms. The van der Waals surface area contributed by atoms with Crippen molar-refractivity contribution in [3.63, 3.8) is 0 Å². The quantitative estimate of drug-likeness (QED) is 0.396. The molecule has 1 atom stereocenters. The molecule has 1 N–H and O–H groups in total. The summed E-state index contributed by atoms with van der Waals surface area (Å²) in [4.78, 5) is 28.9.